The first-order valence-electron chi connectivity index (χ1n) is 13.6. The molecule has 1 aliphatic carbocycles. The molecule has 212 valence electrons. The van der Waals surface area contributed by atoms with E-state index in [1.807, 2.05) is 38.1 Å². The average molecular weight is 582 g/mol. The smallest absolute Gasteiger partial charge is 0.264 e. The quantitative estimate of drug-likeness (QED) is 0.336. The molecular formula is C31H36ClN3O4S. The van der Waals surface area contributed by atoms with E-state index in [9.17, 15) is 18.0 Å². The summed E-state index contributed by atoms with van der Waals surface area (Å²) in [4.78, 5) is 28.9. The lowest BCUT2D eigenvalue weighted by atomic mass is 10.1. The lowest BCUT2D eigenvalue weighted by molar-refractivity contribution is -0.139. The minimum absolute atomic E-state index is 0.0528. The van der Waals surface area contributed by atoms with Crippen LogP contribution in [0.3, 0.4) is 0 Å². The molecule has 1 aliphatic rings. The number of amides is 2. The standard InChI is InChI=1S/C31H36ClN3O4S/c1-22-11-7-8-12-25(22)20-34(24(3)31(37)33-26-13-9-10-14-26)30(36)21-35(27-18-17-23(2)29(32)19-27)40(38,39)28-15-5-4-6-16-28/h4-8,11-12,15-19,24,26H,9-10,13-14,20-21H2,1-3H3,(H,33,37)/t24-/m1/s1. The van der Waals surface area contributed by atoms with Crippen LogP contribution in [0.1, 0.15) is 49.3 Å². The third-order valence-electron chi connectivity index (χ3n) is 7.52. The molecule has 0 heterocycles. The highest BCUT2D eigenvalue weighted by Gasteiger charge is 2.33. The molecule has 3 aromatic carbocycles. The van der Waals surface area contributed by atoms with E-state index in [0.29, 0.717) is 5.02 Å². The molecule has 1 saturated carbocycles. The molecule has 0 unspecified atom stereocenters. The Balaban J connectivity index is 1.70. The summed E-state index contributed by atoms with van der Waals surface area (Å²) in [6, 6.07) is 19.8. The Bertz CT molecular complexity index is 1460. The number of carbonyl (C=O) groups is 2. The fourth-order valence-corrected chi connectivity index (χ4v) is 6.53. The third-order valence-corrected chi connectivity index (χ3v) is 9.72. The molecule has 4 rings (SSSR count). The predicted molar refractivity (Wildman–Crippen MR) is 159 cm³/mol. The van der Waals surface area contributed by atoms with Gasteiger partial charge >= 0.3 is 0 Å². The SMILES string of the molecule is Cc1ccc(N(CC(=O)N(Cc2ccccc2C)[C@H](C)C(=O)NC2CCCC2)S(=O)(=O)c2ccccc2)cc1Cl. The first-order valence-corrected chi connectivity index (χ1v) is 15.4. The minimum atomic E-state index is -4.13. The number of halogens is 1. The molecule has 0 radical (unpaired) electrons. The molecule has 0 bridgehead atoms. The molecule has 0 aliphatic heterocycles. The van der Waals surface area contributed by atoms with Gasteiger partial charge in [-0.2, -0.15) is 0 Å². The van der Waals surface area contributed by atoms with Gasteiger partial charge in [-0.25, -0.2) is 8.42 Å². The number of sulfonamides is 1. The van der Waals surface area contributed by atoms with E-state index in [1.54, 1.807) is 43.3 Å². The van der Waals surface area contributed by atoms with Crippen LogP contribution in [-0.4, -0.2) is 43.8 Å². The molecule has 1 N–H and O–H groups in total. The fraction of sp³-hybridized carbons (Fsp3) is 0.355. The summed E-state index contributed by atoms with van der Waals surface area (Å²) in [5.41, 5.74) is 2.91. The number of hydrogen-bond donors (Lipinski definition) is 1. The second kappa shape index (κ2) is 12.9. The maximum Gasteiger partial charge on any atom is 0.264 e. The topological polar surface area (TPSA) is 86.8 Å². The zero-order valence-electron chi connectivity index (χ0n) is 23.1. The molecule has 0 spiro atoms. The maximum absolute atomic E-state index is 14.1. The average Bonchev–Trinajstić information content (AvgIpc) is 3.46. The van der Waals surface area contributed by atoms with E-state index >= 15 is 0 Å². The highest BCUT2D eigenvalue weighted by atomic mass is 35.5. The van der Waals surface area contributed by atoms with Gasteiger partial charge in [0.1, 0.15) is 12.6 Å². The van der Waals surface area contributed by atoms with Gasteiger partial charge < -0.3 is 10.2 Å². The van der Waals surface area contributed by atoms with Gasteiger partial charge in [0.15, 0.2) is 0 Å². The van der Waals surface area contributed by atoms with Crippen molar-refractivity contribution < 1.29 is 18.0 Å². The second-order valence-corrected chi connectivity index (χ2v) is 12.6. The Kier molecular flexibility index (Phi) is 9.53. The third kappa shape index (κ3) is 6.85. The summed E-state index contributed by atoms with van der Waals surface area (Å²) in [6.45, 7) is 5.13. The van der Waals surface area contributed by atoms with Crippen molar-refractivity contribution in [1.29, 1.82) is 0 Å². The number of hydrogen-bond acceptors (Lipinski definition) is 4. The Morgan fingerprint density at radius 3 is 2.25 bits per heavy atom. The van der Waals surface area contributed by atoms with Crippen LogP contribution in [0.4, 0.5) is 5.69 Å². The molecule has 9 heteroatoms. The van der Waals surface area contributed by atoms with E-state index in [-0.39, 0.29) is 29.1 Å². The normalized spacial score (nSPS) is 14.5. The van der Waals surface area contributed by atoms with Crippen molar-refractivity contribution in [2.75, 3.05) is 10.8 Å². The van der Waals surface area contributed by atoms with E-state index in [2.05, 4.69) is 5.32 Å². The molecule has 2 amide bonds. The number of nitrogens with zero attached hydrogens (tertiary/aromatic N) is 2. The number of benzene rings is 3. The van der Waals surface area contributed by atoms with Crippen molar-refractivity contribution in [2.45, 2.75) is 70.0 Å². The van der Waals surface area contributed by atoms with Crippen molar-refractivity contribution in [1.82, 2.24) is 10.2 Å². The monoisotopic (exact) mass is 581 g/mol. The largest absolute Gasteiger partial charge is 0.352 e. The molecule has 0 aromatic heterocycles. The minimum Gasteiger partial charge on any atom is -0.352 e. The molecule has 1 atom stereocenters. The Morgan fingerprint density at radius 1 is 0.950 bits per heavy atom. The van der Waals surface area contributed by atoms with Gasteiger partial charge in [-0.05, 0) is 74.6 Å². The highest BCUT2D eigenvalue weighted by Crippen LogP contribution is 2.29. The highest BCUT2D eigenvalue weighted by molar-refractivity contribution is 7.92. The molecule has 0 saturated heterocycles. The van der Waals surface area contributed by atoms with E-state index in [0.717, 1.165) is 46.7 Å². The summed E-state index contributed by atoms with van der Waals surface area (Å²) in [6.07, 6.45) is 3.97. The lowest BCUT2D eigenvalue weighted by Gasteiger charge is -2.33. The molecule has 40 heavy (non-hydrogen) atoms. The summed E-state index contributed by atoms with van der Waals surface area (Å²) in [5, 5.41) is 3.48. The first-order chi connectivity index (χ1) is 19.1. The van der Waals surface area contributed by atoms with Gasteiger partial charge in [-0.1, -0.05) is 73.0 Å². The van der Waals surface area contributed by atoms with Crippen LogP contribution in [0.15, 0.2) is 77.7 Å². The van der Waals surface area contributed by atoms with Crippen molar-refractivity contribution in [3.8, 4) is 0 Å². The van der Waals surface area contributed by atoms with Gasteiger partial charge in [0, 0.05) is 17.6 Å². The summed E-state index contributed by atoms with van der Waals surface area (Å²) >= 11 is 6.38. The number of carbonyl (C=O) groups excluding carboxylic acids is 2. The van der Waals surface area contributed by atoms with Gasteiger partial charge in [0.2, 0.25) is 11.8 Å². The van der Waals surface area contributed by atoms with E-state index < -0.39 is 28.5 Å². The van der Waals surface area contributed by atoms with Crippen molar-refractivity contribution in [2.24, 2.45) is 0 Å². The number of rotatable bonds is 10. The van der Waals surface area contributed by atoms with E-state index in [1.165, 1.54) is 17.0 Å². The zero-order valence-corrected chi connectivity index (χ0v) is 24.7. The molecular weight excluding hydrogens is 546 g/mol. The van der Waals surface area contributed by atoms with Gasteiger partial charge in [-0.3, -0.25) is 13.9 Å². The summed E-state index contributed by atoms with van der Waals surface area (Å²) in [5.74, 6) is -0.738. The predicted octanol–water partition coefficient (Wildman–Crippen LogP) is 5.63. The molecule has 1 fully saturated rings. The Hall–Kier alpha value is -3.36. The van der Waals surface area contributed by atoms with Gasteiger partial charge in [0.25, 0.3) is 10.0 Å². The van der Waals surface area contributed by atoms with Crippen LogP contribution in [0.25, 0.3) is 0 Å². The van der Waals surface area contributed by atoms with Crippen LogP contribution in [0, 0.1) is 13.8 Å². The summed E-state index contributed by atoms with van der Waals surface area (Å²) < 4.78 is 28.8. The summed E-state index contributed by atoms with van der Waals surface area (Å²) in [7, 11) is -4.13. The van der Waals surface area contributed by atoms with Gasteiger partial charge in [-0.15, -0.1) is 0 Å². The van der Waals surface area contributed by atoms with Crippen molar-refractivity contribution in [3.63, 3.8) is 0 Å². The number of nitrogens with one attached hydrogen (secondary N) is 1. The van der Waals surface area contributed by atoms with Crippen LogP contribution in [0.5, 0.6) is 0 Å². The van der Waals surface area contributed by atoms with Gasteiger partial charge in [0.05, 0.1) is 10.6 Å². The first kappa shape index (κ1) is 29.6. The fourth-order valence-electron chi connectivity index (χ4n) is 4.93. The molecule has 3 aromatic rings. The molecule has 7 nitrogen and oxygen atoms in total. The Morgan fingerprint density at radius 2 is 1.60 bits per heavy atom. The van der Waals surface area contributed by atoms with Crippen molar-refractivity contribution >= 4 is 39.1 Å². The lowest BCUT2D eigenvalue weighted by Crippen LogP contribution is -2.52. The van der Waals surface area contributed by atoms with E-state index in [4.69, 9.17) is 11.6 Å². The van der Waals surface area contributed by atoms with Crippen LogP contribution < -0.4 is 9.62 Å². The number of aryl methyl sites for hydroxylation is 2. The van der Waals surface area contributed by atoms with Crippen LogP contribution >= 0.6 is 11.6 Å². The Labute approximate surface area is 242 Å². The maximum atomic E-state index is 14.1. The number of anilines is 1. The second-order valence-electron chi connectivity index (χ2n) is 10.4. The van der Waals surface area contributed by atoms with Crippen LogP contribution in [0.2, 0.25) is 5.02 Å². The van der Waals surface area contributed by atoms with Crippen molar-refractivity contribution in [3.05, 3.63) is 94.5 Å². The zero-order chi connectivity index (χ0) is 28.9. The van der Waals surface area contributed by atoms with Crippen LogP contribution in [-0.2, 0) is 26.2 Å².